The topological polar surface area (TPSA) is 32.9 Å². The third-order valence-electron chi connectivity index (χ3n) is 2.54. The molecule has 2 nitrogen and oxygen atoms in total. The van der Waals surface area contributed by atoms with Crippen molar-refractivity contribution in [3.05, 3.63) is 24.0 Å². The van der Waals surface area contributed by atoms with Gasteiger partial charge in [-0.2, -0.15) is 0 Å². The first-order valence-corrected chi connectivity index (χ1v) is 4.51. The fraction of sp³-hybridized carbons (Fsp3) is 0.500. The van der Waals surface area contributed by atoms with E-state index in [0.717, 1.165) is 25.7 Å². The predicted octanol–water partition coefficient (Wildman–Crippen LogP) is 2.24. The molecule has 0 spiro atoms. The molecule has 0 radical (unpaired) electrons. The summed E-state index contributed by atoms with van der Waals surface area (Å²) in [6, 6.07) is 4.07. The third kappa shape index (κ3) is 1.42. The van der Waals surface area contributed by atoms with Gasteiger partial charge in [-0.1, -0.05) is 0 Å². The molecular formula is C10H13NO. The zero-order valence-corrected chi connectivity index (χ0v) is 7.05. The zero-order valence-electron chi connectivity index (χ0n) is 7.05. The fourth-order valence-electron chi connectivity index (χ4n) is 1.89. The molecule has 1 aromatic heterocycles. The highest BCUT2D eigenvalue weighted by molar-refractivity contribution is 5.79. The van der Waals surface area contributed by atoms with Gasteiger partial charge in [0.15, 0.2) is 0 Å². The molecule has 2 rings (SSSR count). The number of nitrogens with one attached hydrogen (secondary N) is 1. The van der Waals surface area contributed by atoms with Gasteiger partial charge in [0.25, 0.3) is 0 Å². The van der Waals surface area contributed by atoms with Gasteiger partial charge in [0, 0.05) is 30.7 Å². The summed E-state index contributed by atoms with van der Waals surface area (Å²) < 4.78 is 0. The Hall–Kier alpha value is -1.05. The maximum Gasteiger partial charge on any atom is 0.133 e. The zero-order chi connectivity index (χ0) is 8.39. The molecule has 0 aliphatic heterocycles. The molecule has 1 aliphatic rings. The maximum absolute atomic E-state index is 11.2. The number of hydrogen-bond donors (Lipinski definition) is 1. The van der Waals surface area contributed by atoms with Crippen molar-refractivity contribution in [1.29, 1.82) is 0 Å². The largest absolute Gasteiger partial charge is 0.365 e. The first-order chi connectivity index (χ1) is 5.86. The van der Waals surface area contributed by atoms with Gasteiger partial charge in [-0.05, 0) is 25.0 Å². The summed E-state index contributed by atoms with van der Waals surface area (Å²) in [5, 5.41) is 0. The number of ketones is 1. The van der Waals surface area contributed by atoms with E-state index in [0.29, 0.717) is 11.7 Å². The average molecular weight is 163 g/mol. The smallest absolute Gasteiger partial charge is 0.133 e. The Labute approximate surface area is 72.0 Å². The van der Waals surface area contributed by atoms with Gasteiger partial charge >= 0.3 is 0 Å². The molecule has 12 heavy (non-hydrogen) atoms. The van der Waals surface area contributed by atoms with Crippen LogP contribution in [0.1, 0.15) is 37.3 Å². The Balaban J connectivity index is 2.09. The van der Waals surface area contributed by atoms with Crippen LogP contribution in [-0.4, -0.2) is 10.8 Å². The molecule has 0 saturated heterocycles. The van der Waals surface area contributed by atoms with Crippen LogP contribution in [0.5, 0.6) is 0 Å². The molecule has 1 aromatic rings. The normalized spacial score (nSPS) is 24.3. The van der Waals surface area contributed by atoms with Gasteiger partial charge < -0.3 is 4.98 Å². The minimum absolute atomic E-state index is 0.417. The minimum Gasteiger partial charge on any atom is -0.365 e. The first kappa shape index (κ1) is 7.59. The second kappa shape index (κ2) is 3.13. The van der Waals surface area contributed by atoms with Gasteiger partial charge in [0.2, 0.25) is 0 Å². The number of carbonyl (C=O) groups is 1. The second-order valence-corrected chi connectivity index (χ2v) is 3.46. The molecule has 1 heterocycles. The summed E-state index contributed by atoms with van der Waals surface area (Å²) >= 11 is 0. The Kier molecular flexibility index (Phi) is 1.98. The maximum atomic E-state index is 11.2. The Morgan fingerprint density at radius 1 is 1.50 bits per heavy atom. The van der Waals surface area contributed by atoms with Crippen LogP contribution in [0.15, 0.2) is 18.3 Å². The molecule has 1 atom stereocenters. The highest BCUT2D eigenvalue weighted by Crippen LogP contribution is 2.29. The summed E-state index contributed by atoms with van der Waals surface area (Å²) in [4.78, 5) is 14.3. The summed E-state index contributed by atoms with van der Waals surface area (Å²) in [6.07, 6.45) is 5.67. The van der Waals surface area contributed by atoms with Gasteiger partial charge in [-0.15, -0.1) is 0 Å². The molecule has 1 fully saturated rings. The highest BCUT2D eigenvalue weighted by atomic mass is 16.1. The molecule has 2 heteroatoms. The van der Waals surface area contributed by atoms with Crippen LogP contribution in [0.4, 0.5) is 0 Å². The van der Waals surface area contributed by atoms with Crippen LogP contribution in [0.3, 0.4) is 0 Å². The number of H-pyrrole nitrogens is 1. The Bertz CT molecular complexity index is 263. The number of carbonyl (C=O) groups excluding carboxylic acids is 1. The summed E-state index contributed by atoms with van der Waals surface area (Å²) in [5.74, 6) is 0.877. The minimum atomic E-state index is 0.417. The highest BCUT2D eigenvalue weighted by Gasteiger charge is 2.20. The van der Waals surface area contributed by atoms with E-state index in [1.807, 2.05) is 12.3 Å². The lowest BCUT2D eigenvalue weighted by Crippen LogP contribution is -2.13. The van der Waals surface area contributed by atoms with Crippen molar-refractivity contribution in [1.82, 2.24) is 4.98 Å². The molecule has 1 N–H and O–H groups in total. The van der Waals surface area contributed by atoms with E-state index in [-0.39, 0.29) is 0 Å². The average Bonchev–Trinajstić information content (AvgIpc) is 2.56. The van der Waals surface area contributed by atoms with Crippen LogP contribution < -0.4 is 0 Å². The lowest BCUT2D eigenvalue weighted by Gasteiger charge is -2.19. The third-order valence-corrected chi connectivity index (χ3v) is 2.54. The molecule has 1 aliphatic carbocycles. The number of rotatable bonds is 1. The quantitative estimate of drug-likeness (QED) is 0.676. The van der Waals surface area contributed by atoms with Crippen molar-refractivity contribution >= 4 is 5.78 Å². The summed E-state index contributed by atoms with van der Waals surface area (Å²) in [7, 11) is 0. The van der Waals surface area contributed by atoms with Crippen LogP contribution in [-0.2, 0) is 4.79 Å². The van der Waals surface area contributed by atoms with Gasteiger partial charge in [0.05, 0.1) is 0 Å². The number of hydrogen-bond acceptors (Lipinski definition) is 1. The molecular weight excluding hydrogens is 150 g/mol. The Morgan fingerprint density at radius 3 is 3.08 bits per heavy atom. The fourth-order valence-corrected chi connectivity index (χ4v) is 1.89. The van der Waals surface area contributed by atoms with E-state index in [2.05, 4.69) is 11.1 Å². The van der Waals surface area contributed by atoms with Crippen molar-refractivity contribution in [2.24, 2.45) is 0 Å². The monoisotopic (exact) mass is 163 g/mol. The molecule has 0 bridgehead atoms. The SMILES string of the molecule is O=C1CCCC(c2ccc[nH]2)C1. The summed E-state index contributed by atoms with van der Waals surface area (Å²) in [5.41, 5.74) is 1.23. The van der Waals surface area contributed by atoms with Crippen LogP contribution in [0, 0.1) is 0 Å². The van der Waals surface area contributed by atoms with E-state index >= 15 is 0 Å². The molecule has 1 saturated carbocycles. The number of aromatic amines is 1. The number of Topliss-reactive ketones (excluding diaryl/α,β-unsaturated/α-hetero) is 1. The lowest BCUT2D eigenvalue weighted by atomic mass is 9.86. The Morgan fingerprint density at radius 2 is 2.42 bits per heavy atom. The van der Waals surface area contributed by atoms with Crippen molar-refractivity contribution in [2.75, 3.05) is 0 Å². The van der Waals surface area contributed by atoms with E-state index in [1.54, 1.807) is 0 Å². The van der Waals surface area contributed by atoms with E-state index < -0.39 is 0 Å². The van der Waals surface area contributed by atoms with Gasteiger partial charge in [-0.25, -0.2) is 0 Å². The lowest BCUT2D eigenvalue weighted by molar-refractivity contribution is -0.120. The van der Waals surface area contributed by atoms with Crippen molar-refractivity contribution in [3.8, 4) is 0 Å². The molecule has 0 aromatic carbocycles. The van der Waals surface area contributed by atoms with Gasteiger partial charge in [0.1, 0.15) is 5.78 Å². The molecule has 0 amide bonds. The standard InChI is InChI=1S/C10H13NO/c12-9-4-1-3-8(7-9)10-5-2-6-11-10/h2,5-6,8,11H,1,3-4,7H2. The molecule has 1 unspecified atom stereocenters. The van der Waals surface area contributed by atoms with Crippen LogP contribution >= 0.6 is 0 Å². The van der Waals surface area contributed by atoms with E-state index in [9.17, 15) is 4.79 Å². The van der Waals surface area contributed by atoms with Crippen molar-refractivity contribution < 1.29 is 4.79 Å². The van der Waals surface area contributed by atoms with E-state index in [1.165, 1.54) is 5.69 Å². The molecule has 64 valence electrons. The first-order valence-electron chi connectivity index (χ1n) is 4.51. The van der Waals surface area contributed by atoms with Gasteiger partial charge in [-0.3, -0.25) is 4.79 Å². The second-order valence-electron chi connectivity index (χ2n) is 3.46. The number of aromatic nitrogens is 1. The predicted molar refractivity (Wildman–Crippen MR) is 47.0 cm³/mol. The van der Waals surface area contributed by atoms with Crippen molar-refractivity contribution in [2.45, 2.75) is 31.6 Å². The van der Waals surface area contributed by atoms with Crippen LogP contribution in [0.2, 0.25) is 0 Å². The van der Waals surface area contributed by atoms with E-state index in [4.69, 9.17) is 0 Å². The van der Waals surface area contributed by atoms with Crippen LogP contribution in [0.25, 0.3) is 0 Å². The summed E-state index contributed by atoms with van der Waals surface area (Å²) in [6.45, 7) is 0. The van der Waals surface area contributed by atoms with Crippen molar-refractivity contribution in [3.63, 3.8) is 0 Å².